The fraction of sp³-hybridized carbons (Fsp3) is 0.154. The van der Waals surface area contributed by atoms with Crippen LogP contribution < -0.4 is 11.1 Å². The third kappa shape index (κ3) is 4.21. The standard InChI is InChI=1S/C13H13BrN4OS/c1-8-5-16-13(17-6-8)20-7-12(19)18-11-3-2-9(15)4-10(11)14/h2-6H,7,15H2,1H3,(H,18,19). The van der Waals surface area contributed by atoms with Gasteiger partial charge in [-0.3, -0.25) is 4.79 Å². The molecule has 2 aromatic rings. The van der Waals surface area contributed by atoms with Crippen LogP contribution in [-0.4, -0.2) is 21.6 Å². The van der Waals surface area contributed by atoms with Crippen molar-refractivity contribution in [3.63, 3.8) is 0 Å². The molecular formula is C13H13BrN4OS. The number of rotatable bonds is 4. The number of amides is 1. The number of benzene rings is 1. The van der Waals surface area contributed by atoms with E-state index < -0.39 is 0 Å². The van der Waals surface area contributed by atoms with Crippen LogP contribution in [0.2, 0.25) is 0 Å². The summed E-state index contributed by atoms with van der Waals surface area (Å²) in [5.74, 6) is 0.129. The summed E-state index contributed by atoms with van der Waals surface area (Å²) < 4.78 is 0.752. The first-order valence-corrected chi connectivity index (χ1v) is 7.59. The van der Waals surface area contributed by atoms with Crippen LogP contribution in [0.25, 0.3) is 0 Å². The van der Waals surface area contributed by atoms with Gasteiger partial charge in [-0.05, 0) is 46.6 Å². The van der Waals surface area contributed by atoms with E-state index in [0.717, 1.165) is 10.0 Å². The van der Waals surface area contributed by atoms with Crippen molar-refractivity contribution in [3.8, 4) is 0 Å². The number of halogens is 1. The first kappa shape index (κ1) is 14.8. The van der Waals surface area contributed by atoms with Crippen molar-refractivity contribution in [3.05, 3.63) is 40.6 Å². The fourth-order valence-corrected chi connectivity index (χ4v) is 2.49. The Labute approximate surface area is 129 Å². The maximum atomic E-state index is 11.9. The van der Waals surface area contributed by atoms with Crippen LogP contribution in [0.1, 0.15) is 5.56 Å². The molecule has 2 rings (SSSR count). The summed E-state index contributed by atoms with van der Waals surface area (Å²) in [6.45, 7) is 1.92. The van der Waals surface area contributed by atoms with E-state index in [4.69, 9.17) is 5.73 Å². The van der Waals surface area contributed by atoms with Crippen molar-refractivity contribution in [2.45, 2.75) is 12.1 Å². The predicted octanol–water partition coefficient (Wildman–Crippen LogP) is 2.86. The summed E-state index contributed by atoms with van der Waals surface area (Å²) in [6, 6.07) is 5.23. The van der Waals surface area contributed by atoms with Gasteiger partial charge in [0.15, 0.2) is 5.16 Å². The van der Waals surface area contributed by atoms with E-state index in [-0.39, 0.29) is 11.7 Å². The van der Waals surface area contributed by atoms with E-state index in [9.17, 15) is 4.79 Å². The number of aromatic nitrogens is 2. The highest BCUT2D eigenvalue weighted by Gasteiger charge is 2.07. The maximum Gasteiger partial charge on any atom is 0.234 e. The van der Waals surface area contributed by atoms with Crippen molar-refractivity contribution >= 4 is 45.0 Å². The monoisotopic (exact) mass is 352 g/mol. The van der Waals surface area contributed by atoms with E-state index in [2.05, 4.69) is 31.2 Å². The lowest BCUT2D eigenvalue weighted by Crippen LogP contribution is -2.14. The molecule has 1 aromatic heterocycles. The fourth-order valence-electron chi connectivity index (χ4n) is 1.40. The summed E-state index contributed by atoms with van der Waals surface area (Å²) in [5.41, 5.74) is 7.96. The Hall–Kier alpha value is -1.60. The molecule has 0 fully saturated rings. The van der Waals surface area contributed by atoms with Crippen molar-refractivity contribution in [1.82, 2.24) is 9.97 Å². The molecule has 1 amide bonds. The molecule has 0 aliphatic heterocycles. The Bertz CT molecular complexity index is 618. The number of nitrogens with zero attached hydrogens (tertiary/aromatic N) is 2. The topological polar surface area (TPSA) is 80.9 Å². The van der Waals surface area contributed by atoms with Crippen LogP contribution >= 0.6 is 27.7 Å². The number of hydrogen-bond donors (Lipinski definition) is 2. The van der Waals surface area contributed by atoms with E-state index >= 15 is 0 Å². The number of carbonyl (C=O) groups excluding carboxylic acids is 1. The zero-order valence-corrected chi connectivity index (χ0v) is 13.2. The van der Waals surface area contributed by atoms with E-state index in [1.165, 1.54) is 11.8 Å². The van der Waals surface area contributed by atoms with Crippen molar-refractivity contribution < 1.29 is 4.79 Å². The number of nitrogen functional groups attached to an aromatic ring is 1. The minimum absolute atomic E-state index is 0.121. The number of nitrogens with one attached hydrogen (secondary N) is 1. The molecule has 0 atom stereocenters. The molecule has 7 heteroatoms. The maximum absolute atomic E-state index is 11.9. The second-order valence-corrected chi connectivity index (χ2v) is 5.92. The van der Waals surface area contributed by atoms with Crippen LogP contribution in [0.3, 0.4) is 0 Å². The lowest BCUT2D eigenvalue weighted by molar-refractivity contribution is -0.113. The second kappa shape index (κ2) is 6.71. The van der Waals surface area contributed by atoms with Gasteiger partial charge in [-0.1, -0.05) is 11.8 Å². The van der Waals surface area contributed by atoms with Crippen molar-refractivity contribution in [2.75, 3.05) is 16.8 Å². The van der Waals surface area contributed by atoms with Gasteiger partial charge >= 0.3 is 0 Å². The van der Waals surface area contributed by atoms with Crippen LogP contribution in [0.15, 0.2) is 40.2 Å². The Kier molecular flexibility index (Phi) is 4.97. The van der Waals surface area contributed by atoms with Gasteiger partial charge in [0.2, 0.25) is 5.91 Å². The molecule has 20 heavy (non-hydrogen) atoms. The number of nitrogens with two attached hydrogens (primary N) is 1. The molecule has 0 radical (unpaired) electrons. The molecular weight excluding hydrogens is 340 g/mol. The Morgan fingerprint density at radius 3 is 2.75 bits per heavy atom. The largest absolute Gasteiger partial charge is 0.399 e. The van der Waals surface area contributed by atoms with Crippen molar-refractivity contribution in [2.24, 2.45) is 0 Å². The molecule has 0 saturated heterocycles. The van der Waals surface area contributed by atoms with Gasteiger partial charge in [-0.2, -0.15) is 0 Å². The average Bonchev–Trinajstić information content (AvgIpc) is 2.41. The molecule has 5 nitrogen and oxygen atoms in total. The number of thioether (sulfide) groups is 1. The molecule has 0 bridgehead atoms. The third-order valence-corrected chi connectivity index (χ3v) is 3.89. The number of carbonyl (C=O) groups is 1. The SMILES string of the molecule is Cc1cnc(SCC(=O)Nc2ccc(N)cc2Br)nc1. The number of hydrogen-bond acceptors (Lipinski definition) is 5. The highest BCUT2D eigenvalue weighted by Crippen LogP contribution is 2.25. The smallest absolute Gasteiger partial charge is 0.234 e. The average molecular weight is 353 g/mol. The van der Waals surface area contributed by atoms with Crippen LogP contribution in [0.5, 0.6) is 0 Å². The quantitative estimate of drug-likeness (QED) is 0.502. The summed E-state index contributed by atoms with van der Waals surface area (Å²) in [5, 5.41) is 3.39. The normalized spacial score (nSPS) is 10.3. The molecule has 0 spiro atoms. The first-order chi connectivity index (χ1) is 9.54. The summed E-state index contributed by atoms with van der Waals surface area (Å²) >= 11 is 4.64. The molecule has 1 aromatic carbocycles. The van der Waals surface area contributed by atoms with Crippen molar-refractivity contribution in [1.29, 1.82) is 0 Å². The lowest BCUT2D eigenvalue weighted by atomic mass is 10.3. The number of anilines is 2. The summed E-state index contributed by atoms with van der Waals surface area (Å²) in [6.07, 6.45) is 3.45. The second-order valence-electron chi connectivity index (χ2n) is 4.12. The molecule has 104 valence electrons. The Morgan fingerprint density at radius 1 is 1.40 bits per heavy atom. The summed E-state index contributed by atoms with van der Waals surface area (Å²) in [4.78, 5) is 20.1. The molecule has 0 saturated carbocycles. The summed E-state index contributed by atoms with van der Waals surface area (Å²) in [7, 11) is 0. The van der Waals surface area contributed by atoms with Gasteiger partial charge in [0.1, 0.15) is 0 Å². The third-order valence-electron chi connectivity index (χ3n) is 2.36. The van der Waals surface area contributed by atoms with Crippen LogP contribution in [-0.2, 0) is 4.79 Å². The van der Waals surface area contributed by atoms with E-state index in [1.54, 1.807) is 30.6 Å². The molecule has 0 aliphatic rings. The van der Waals surface area contributed by atoms with Crippen LogP contribution in [0, 0.1) is 6.92 Å². The lowest BCUT2D eigenvalue weighted by Gasteiger charge is -2.07. The first-order valence-electron chi connectivity index (χ1n) is 5.81. The van der Waals surface area contributed by atoms with Gasteiger partial charge < -0.3 is 11.1 Å². The van der Waals surface area contributed by atoms with Gasteiger partial charge in [-0.25, -0.2) is 9.97 Å². The molecule has 0 aliphatic carbocycles. The Balaban J connectivity index is 1.90. The van der Waals surface area contributed by atoms with E-state index in [0.29, 0.717) is 16.5 Å². The highest BCUT2D eigenvalue weighted by atomic mass is 79.9. The minimum atomic E-state index is -0.121. The Morgan fingerprint density at radius 2 is 2.10 bits per heavy atom. The van der Waals surface area contributed by atoms with E-state index in [1.807, 2.05) is 6.92 Å². The zero-order valence-electron chi connectivity index (χ0n) is 10.8. The van der Waals surface area contributed by atoms with Gasteiger partial charge in [0.05, 0.1) is 11.4 Å². The van der Waals surface area contributed by atoms with Crippen LogP contribution in [0.4, 0.5) is 11.4 Å². The molecule has 1 heterocycles. The minimum Gasteiger partial charge on any atom is -0.399 e. The molecule has 3 N–H and O–H groups in total. The highest BCUT2D eigenvalue weighted by molar-refractivity contribution is 9.10. The zero-order chi connectivity index (χ0) is 14.5. The van der Waals surface area contributed by atoms with Gasteiger partial charge in [0.25, 0.3) is 0 Å². The number of aryl methyl sites for hydroxylation is 1. The predicted molar refractivity (Wildman–Crippen MR) is 84.7 cm³/mol. The van der Waals surface area contributed by atoms with Gasteiger partial charge in [-0.15, -0.1) is 0 Å². The molecule has 0 unspecified atom stereocenters. The van der Waals surface area contributed by atoms with Gasteiger partial charge in [0, 0.05) is 22.6 Å².